The summed E-state index contributed by atoms with van der Waals surface area (Å²) in [5.41, 5.74) is 6.90. The standard InChI is InChI=1S/C30H29F2N5O2S.ClH/c1-30(2,39)15-36-26-11-23(25(32)8-18(26)14-35-36)28-22(16-3-4-17(13-33)24(31)7-16)12-27(40-28)29(38)37-20-5-6-21(37)10-19(34)9-20;/h3-4,7-8,11-12,14,19-21,39H,5-6,9-10,15,34H2,1-2H3;1H. The molecule has 4 heterocycles. The van der Waals surface area contributed by atoms with Gasteiger partial charge in [0.1, 0.15) is 17.7 Å². The molecule has 2 aliphatic rings. The number of carbonyl (C=O) groups excluding carboxylic acids is 1. The number of nitrogens with zero attached hydrogens (tertiary/aromatic N) is 4. The number of aliphatic hydroxyl groups is 1. The van der Waals surface area contributed by atoms with Gasteiger partial charge in [-0.15, -0.1) is 23.7 Å². The predicted octanol–water partition coefficient (Wildman–Crippen LogP) is 5.87. The molecule has 2 aromatic carbocycles. The number of halogens is 3. The lowest BCUT2D eigenvalue weighted by atomic mass is 9.97. The van der Waals surface area contributed by atoms with E-state index in [1.54, 1.807) is 42.9 Å². The summed E-state index contributed by atoms with van der Waals surface area (Å²) in [6.07, 6.45) is 4.87. The van der Waals surface area contributed by atoms with Crippen molar-refractivity contribution in [3.8, 4) is 27.6 Å². The number of rotatable bonds is 5. The second-order valence-electron chi connectivity index (χ2n) is 11.5. The highest BCUT2D eigenvalue weighted by atomic mass is 35.5. The summed E-state index contributed by atoms with van der Waals surface area (Å²) >= 11 is 1.17. The molecule has 2 fully saturated rings. The molecule has 1 amide bonds. The van der Waals surface area contributed by atoms with E-state index in [0.717, 1.165) is 25.7 Å². The summed E-state index contributed by atoms with van der Waals surface area (Å²) < 4.78 is 32.0. The Labute approximate surface area is 246 Å². The number of carbonyl (C=O) groups is 1. The quantitative estimate of drug-likeness (QED) is 0.299. The molecule has 2 aliphatic heterocycles. The van der Waals surface area contributed by atoms with Crippen molar-refractivity contribution in [2.45, 2.75) is 69.8 Å². The van der Waals surface area contributed by atoms with Gasteiger partial charge in [-0.1, -0.05) is 6.07 Å². The number of amides is 1. The SMILES string of the molecule is CC(C)(O)Cn1ncc2cc(F)c(-c3sc(C(=O)N4C5CCC4CC(N)C5)cc3-c3ccc(C#N)c(F)c3)cc21.Cl. The zero-order chi connectivity index (χ0) is 28.3. The highest BCUT2D eigenvalue weighted by molar-refractivity contribution is 7.18. The molecule has 4 aromatic rings. The Kier molecular flexibility index (Phi) is 7.68. The van der Waals surface area contributed by atoms with Crippen molar-refractivity contribution in [3.05, 3.63) is 64.7 Å². The first-order chi connectivity index (χ1) is 19.0. The Morgan fingerprint density at radius 1 is 1.15 bits per heavy atom. The summed E-state index contributed by atoms with van der Waals surface area (Å²) in [5, 5.41) is 24.5. The Bertz CT molecular complexity index is 1670. The second kappa shape index (κ2) is 10.8. The number of aromatic nitrogens is 2. The van der Waals surface area contributed by atoms with Gasteiger partial charge in [-0.2, -0.15) is 10.4 Å². The number of piperidine rings is 1. The lowest BCUT2D eigenvalue weighted by Gasteiger charge is -2.37. The van der Waals surface area contributed by atoms with Gasteiger partial charge in [0.05, 0.1) is 34.3 Å². The van der Waals surface area contributed by atoms with Crippen LogP contribution >= 0.6 is 23.7 Å². The molecular weight excluding hydrogens is 568 g/mol. The molecule has 2 bridgehead atoms. The molecular formula is C30H30ClF2N5O2S. The maximum Gasteiger partial charge on any atom is 0.264 e. The smallest absolute Gasteiger partial charge is 0.264 e. The molecule has 6 rings (SSSR count). The largest absolute Gasteiger partial charge is 0.389 e. The van der Waals surface area contributed by atoms with Crippen LogP contribution in [0.5, 0.6) is 0 Å². The predicted molar refractivity (Wildman–Crippen MR) is 157 cm³/mol. The monoisotopic (exact) mass is 597 g/mol. The zero-order valence-corrected chi connectivity index (χ0v) is 24.2. The van der Waals surface area contributed by atoms with Crippen molar-refractivity contribution in [1.29, 1.82) is 5.26 Å². The van der Waals surface area contributed by atoms with Crippen LogP contribution in [0.15, 0.2) is 42.6 Å². The number of nitrogens with two attached hydrogens (primary N) is 1. The second-order valence-corrected chi connectivity index (χ2v) is 12.5. The summed E-state index contributed by atoms with van der Waals surface area (Å²) in [6.45, 7) is 3.53. The van der Waals surface area contributed by atoms with E-state index in [4.69, 9.17) is 5.73 Å². The number of fused-ring (bicyclic) bond motifs is 3. The van der Waals surface area contributed by atoms with Crippen LogP contribution in [0.3, 0.4) is 0 Å². The highest BCUT2D eigenvalue weighted by Crippen LogP contribution is 2.44. The van der Waals surface area contributed by atoms with Crippen molar-refractivity contribution in [1.82, 2.24) is 14.7 Å². The van der Waals surface area contributed by atoms with Gasteiger partial charge in [-0.05, 0) is 75.4 Å². The number of hydrogen-bond acceptors (Lipinski definition) is 6. The first kappa shape index (κ1) is 29.1. The molecule has 2 saturated heterocycles. The number of hydrogen-bond donors (Lipinski definition) is 2. The Morgan fingerprint density at radius 3 is 2.49 bits per heavy atom. The fourth-order valence-corrected chi connectivity index (χ4v) is 7.27. The van der Waals surface area contributed by atoms with Gasteiger partial charge in [-0.3, -0.25) is 9.48 Å². The minimum atomic E-state index is -1.04. The summed E-state index contributed by atoms with van der Waals surface area (Å²) in [5.74, 6) is -1.32. The summed E-state index contributed by atoms with van der Waals surface area (Å²) in [7, 11) is 0. The van der Waals surface area contributed by atoms with Crippen molar-refractivity contribution in [3.63, 3.8) is 0 Å². The zero-order valence-electron chi connectivity index (χ0n) is 22.6. The van der Waals surface area contributed by atoms with Gasteiger partial charge in [0, 0.05) is 39.5 Å². The van der Waals surface area contributed by atoms with E-state index in [-0.39, 0.29) is 54.1 Å². The molecule has 0 aliphatic carbocycles. The fraction of sp³-hybridized carbons (Fsp3) is 0.367. The highest BCUT2D eigenvalue weighted by Gasteiger charge is 2.43. The van der Waals surface area contributed by atoms with Crippen LogP contribution in [0.2, 0.25) is 0 Å². The van der Waals surface area contributed by atoms with E-state index in [9.17, 15) is 19.6 Å². The third-order valence-corrected chi connectivity index (χ3v) is 9.02. The molecule has 11 heteroatoms. The van der Waals surface area contributed by atoms with Crippen molar-refractivity contribution < 1.29 is 18.7 Å². The first-order valence-corrected chi connectivity index (χ1v) is 14.1. The summed E-state index contributed by atoms with van der Waals surface area (Å²) in [4.78, 5) is 16.7. The van der Waals surface area contributed by atoms with Gasteiger partial charge >= 0.3 is 0 Å². The molecule has 2 unspecified atom stereocenters. The third kappa shape index (κ3) is 5.35. The Morgan fingerprint density at radius 2 is 1.85 bits per heavy atom. The van der Waals surface area contributed by atoms with Crippen LogP contribution in [0, 0.1) is 23.0 Å². The van der Waals surface area contributed by atoms with Gasteiger partial charge in [0.25, 0.3) is 5.91 Å². The van der Waals surface area contributed by atoms with Gasteiger partial charge < -0.3 is 15.7 Å². The fourth-order valence-electron chi connectivity index (χ4n) is 6.13. The Hall–Kier alpha value is -3.36. The van der Waals surface area contributed by atoms with E-state index < -0.39 is 17.2 Å². The lowest BCUT2D eigenvalue weighted by Crippen LogP contribution is -2.49. The lowest BCUT2D eigenvalue weighted by molar-refractivity contribution is 0.0576. The van der Waals surface area contributed by atoms with Crippen LogP contribution in [-0.4, -0.2) is 49.4 Å². The average Bonchev–Trinajstić information content (AvgIpc) is 3.56. The van der Waals surface area contributed by atoms with Crippen LogP contribution in [-0.2, 0) is 6.54 Å². The topological polar surface area (TPSA) is 108 Å². The molecule has 2 aromatic heterocycles. The van der Waals surface area contributed by atoms with Crippen molar-refractivity contribution in [2.75, 3.05) is 0 Å². The number of thiophene rings is 1. The van der Waals surface area contributed by atoms with Gasteiger partial charge in [0.15, 0.2) is 0 Å². The normalized spacial score (nSPS) is 20.2. The molecule has 3 N–H and O–H groups in total. The van der Waals surface area contributed by atoms with Crippen LogP contribution in [0.1, 0.15) is 54.8 Å². The van der Waals surface area contributed by atoms with Crippen LogP contribution in [0.4, 0.5) is 8.78 Å². The van der Waals surface area contributed by atoms with Gasteiger partial charge in [0.2, 0.25) is 0 Å². The molecule has 214 valence electrons. The minimum Gasteiger partial charge on any atom is -0.389 e. The maximum atomic E-state index is 15.7. The average molecular weight is 598 g/mol. The van der Waals surface area contributed by atoms with E-state index in [0.29, 0.717) is 31.8 Å². The molecule has 7 nitrogen and oxygen atoms in total. The van der Waals surface area contributed by atoms with E-state index in [2.05, 4.69) is 5.10 Å². The van der Waals surface area contributed by atoms with Crippen molar-refractivity contribution >= 4 is 40.6 Å². The van der Waals surface area contributed by atoms with E-state index in [1.807, 2.05) is 11.0 Å². The van der Waals surface area contributed by atoms with Crippen molar-refractivity contribution in [2.24, 2.45) is 5.73 Å². The van der Waals surface area contributed by atoms with E-state index >= 15 is 4.39 Å². The molecule has 0 spiro atoms. The molecule has 0 radical (unpaired) electrons. The number of benzene rings is 2. The molecule has 0 saturated carbocycles. The maximum absolute atomic E-state index is 15.7. The first-order valence-electron chi connectivity index (χ1n) is 13.3. The summed E-state index contributed by atoms with van der Waals surface area (Å²) in [6, 6.07) is 11.0. The number of nitriles is 1. The minimum absolute atomic E-state index is 0. The molecule has 41 heavy (non-hydrogen) atoms. The third-order valence-electron chi connectivity index (χ3n) is 7.86. The van der Waals surface area contributed by atoms with Crippen LogP contribution < -0.4 is 5.73 Å². The Balaban J connectivity index is 0.00000337. The molecule has 2 atom stereocenters. The van der Waals surface area contributed by atoms with Gasteiger partial charge in [-0.25, -0.2) is 8.78 Å². The van der Waals surface area contributed by atoms with E-state index in [1.165, 1.54) is 29.5 Å². The van der Waals surface area contributed by atoms with Crippen LogP contribution in [0.25, 0.3) is 32.5 Å².